The van der Waals surface area contributed by atoms with E-state index in [1.807, 2.05) is 19.2 Å². The molecule has 0 spiro atoms. The van der Waals surface area contributed by atoms with E-state index >= 15 is 0 Å². The van der Waals surface area contributed by atoms with Crippen LogP contribution in [0.25, 0.3) is 0 Å². The zero-order valence-corrected chi connectivity index (χ0v) is 8.49. The first-order chi connectivity index (χ1) is 6.70. The van der Waals surface area contributed by atoms with Crippen LogP contribution in [0, 0.1) is 12.8 Å². The van der Waals surface area contributed by atoms with Gasteiger partial charge in [0.05, 0.1) is 12.2 Å². The maximum atomic E-state index is 5.86. The topological polar surface area (TPSA) is 63.0 Å². The summed E-state index contributed by atoms with van der Waals surface area (Å²) in [5, 5.41) is 0. The van der Waals surface area contributed by atoms with Crippen LogP contribution >= 0.6 is 0 Å². The lowest BCUT2D eigenvalue weighted by atomic mass is 9.94. The fourth-order valence-corrected chi connectivity index (χ4v) is 1.84. The second-order valence-electron chi connectivity index (χ2n) is 3.83. The fraction of sp³-hybridized carbons (Fsp3) is 0.500. The summed E-state index contributed by atoms with van der Waals surface area (Å²) in [6.07, 6.45) is 1.82. The number of aryl methyl sites for hydroxylation is 1. The second kappa shape index (κ2) is 3.65. The van der Waals surface area contributed by atoms with Gasteiger partial charge >= 0.3 is 0 Å². The lowest BCUT2D eigenvalue weighted by molar-refractivity contribution is 0.461. The molecular formula is C10H16N4. The Kier molecular flexibility index (Phi) is 2.50. The number of hydrogen-bond acceptors (Lipinski definition) is 4. The van der Waals surface area contributed by atoms with Gasteiger partial charge < -0.3 is 5.73 Å². The van der Waals surface area contributed by atoms with Crippen molar-refractivity contribution in [2.75, 3.05) is 0 Å². The molecule has 0 radical (unpaired) electrons. The van der Waals surface area contributed by atoms with E-state index in [0.29, 0.717) is 5.92 Å². The highest BCUT2D eigenvalue weighted by Gasteiger charge is 2.31. The molecule has 1 aliphatic rings. The van der Waals surface area contributed by atoms with Crippen LogP contribution in [-0.4, -0.2) is 11.1 Å². The predicted molar refractivity (Wildman–Crippen MR) is 55.1 cm³/mol. The van der Waals surface area contributed by atoms with Crippen molar-refractivity contribution in [1.82, 2.24) is 15.8 Å². The summed E-state index contributed by atoms with van der Waals surface area (Å²) in [6, 6.07) is 4.32. The van der Waals surface area contributed by atoms with Crippen LogP contribution < -0.4 is 16.6 Å². The lowest BCUT2D eigenvalue weighted by Gasteiger charge is -2.17. The molecule has 14 heavy (non-hydrogen) atoms. The van der Waals surface area contributed by atoms with E-state index in [1.165, 1.54) is 5.56 Å². The Balaban J connectivity index is 2.28. The number of aromatic nitrogens is 1. The summed E-state index contributed by atoms with van der Waals surface area (Å²) in [5.41, 5.74) is 14.4. The summed E-state index contributed by atoms with van der Waals surface area (Å²) in [6.45, 7) is 4.16. The maximum Gasteiger partial charge on any atom is 0.0724 e. The Bertz CT molecular complexity index is 326. The molecule has 0 saturated carbocycles. The lowest BCUT2D eigenvalue weighted by Crippen LogP contribution is -2.38. The van der Waals surface area contributed by atoms with E-state index in [9.17, 15) is 0 Å². The van der Waals surface area contributed by atoms with E-state index in [1.54, 1.807) is 0 Å². The molecule has 4 nitrogen and oxygen atoms in total. The molecule has 0 bridgehead atoms. The van der Waals surface area contributed by atoms with Crippen molar-refractivity contribution < 1.29 is 0 Å². The molecule has 0 aromatic carbocycles. The molecule has 2 heterocycles. The van der Waals surface area contributed by atoms with Gasteiger partial charge in [0, 0.05) is 17.8 Å². The third kappa shape index (κ3) is 1.52. The minimum Gasteiger partial charge on any atom is -0.315 e. The highest BCUT2D eigenvalue weighted by atomic mass is 15.5. The van der Waals surface area contributed by atoms with Crippen LogP contribution in [0.5, 0.6) is 0 Å². The summed E-state index contributed by atoms with van der Waals surface area (Å²) in [5.74, 6) is 0.373. The minimum absolute atomic E-state index is 0.0135. The van der Waals surface area contributed by atoms with Gasteiger partial charge in [-0.2, -0.15) is 0 Å². The average molecular weight is 192 g/mol. The molecule has 3 unspecified atom stereocenters. The Morgan fingerprint density at radius 3 is 2.79 bits per heavy atom. The van der Waals surface area contributed by atoms with Crippen molar-refractivity contribution in [1.29, 1.82) is 0 Å². The quantitative estimate of drug-likeness (QED) is 0.605. The van der Waals surface area contributed by atoms with Crippen LogP contribution in [0.3, 0.4) is 0 Å². The van der Waals surface area contributed by atoms with E-state index in [-0.39, 0.29) is 12.2 Å². The van der Waals surface area contributed by atoms with Crippen molar-refractivity contribution in [3.05, 3.63) is 29.6 Å². The van der Waals surface area contributed by atoms with Crippen LogP contribution in [0.4, 0.5) is 0 Å². The van der Waals surface area contributed by atoms with Crippen LogP contribution in [0.15, 0.2) is 18.3 Å². The van der Waals surface area contributed by atoms with Crippen molar-refractivity contribution in [2.24, 2.45) is 11.7 Å². The third-order valence-corrected chi connectivity index (χ3v) is 2.88. The van der Waals surface area contributed by atoms with E-state index < -0.39 is 0 Å². The van der Waals surface area contributed by atoms with Crippen molar-refractivity contribution in [3.8, 4) is 0 Å². The van der Waals surface area contributed by atoms with Gasteiger partial charge in [0.15, 0.2) is 0 Å². The first-order valence-corrected chi connectivity index (χ1v) is 4.88. The molecule has 1 aromatic rings. The smallest absolute Gasteiger partial charge is 0.0724 e. The molecule has 0 aliphatic carbocycles. The number of hydrazine groups is 1. The highest BCUT2D eigenvalue weighted by Crippen LogP contribution is 2.27. The van der Waals surface area contributed by atoms with Gasteiger partial charge in [-0.3, -0.25) is 4.98 Å². The van der Waals surface area contributed by atoms with Crippen LogP contribution in [0.1, 0.15) is 24.2 Å². The molecule has 3 atom stereocenters. The molecular weight excluding hydrogens is 176 g/mol. The minimum atomic E-state index is 0.0135. The molecule has 76 valence electrons. The van der Waals surface area contributed by atoms with E-state index in [4.69, 9.17) is 5.73 Å². The standard InChI is InChI=1S/C10H16N4/c1-6-9(13-14-10(6)11)8-4-3-5-12-7(8)2/h3-6,9-10,13-14H,11H2,1-2H3. The van der Waals surface area contributed by atoms with Gasteiger partial charge in [0.2, 0.25) is 0 Å². The summed E-state index contributed by atoms with van der Waals surface area (Å²) in [4.78, 5) is 4.27. The Morgan fingerprint density at radius 2 is 2.21 bits per heavy atom. The van der Waals surface area contributed by atoms with E-state index in [0.717, 1.165) is 5.69 Å². The fourth-order valence-electron chi connectivity index (χ4n) is 1.84. The average Bonchev–Trinajstić information content (AvgIpc) is 2.49. The molecule has 1 saturated heterocycles. The molecule has 4 N–H and O–H groups in total. The number of rotatable bonds is 1. The van der Waals surface area contributed by atoms with Crippen molar-refractivity contribution in [2.45, 2.75) is 26.1 Å². The molecule has 1 aromatic heterocycles. The zero-order chi connectivity index (χ0) is 10.1. The molecule has 4 heteroatoms. The Hall–Kier alpha value is -0.970. The highest BCUT2D eigenvalue weighted by molar-refractivity contribution is 5.24. The third-order valence-electron chi connectivity index (χ3n) is 2.88. The van der Waals surface area contributed by atoms with Crippen LogP contribution in [0.2, 0.25) is 0 Å². The number of nitrogens with one attached hydrogen (secondary N) is 2. The molecule has 1 fully saturated rings. The van der Waals surface area contributed by atoms with Gasteiger partial charge in [0.25, 0.3) is 0 Å². The predicted octanol–water partition coefficient (Wildman–Crippen LogP) is 0.460. The van der Waals surface area contributed by atoms with Gasteiger partial charge in [-0.15, -0.1) is 0 Å². The monoisotopic (exact) mass is 192 g/mol. The second-order valence-corrected chi connectivity index (χ2v) is 3.83. The maximum absolute atomic E-state index is 5.86. The number of nitrogens with two attached hydrogens (primary N) is 1. The van der Waals surface area contributed by atoms with E-state index in [2.05, 4.69) is 28.8 Å². The van der Waals surface area contributed by atoms with Crippen molar-refractivity contribution in [3.63, 3.8) is 0 Å². The largest absolute Gasteiger partial charge is 0.315 e. The molecule has 0 amide bonds. The first kappa shape index (κ1) is 9.58. The Morgan fingerprint density at radius 1 is 1.43 bits per heavy atom. The number of pyridine rings is 1. The zero-order valence-electron chi connectivity index (χ0n) is 8.49. The number of hydrogen-bond donors (Lipinski definition) is 3. The summed E-state index contributed by atoms with van der Waals surface area (Å²) in [7, 11) is 0. The van der Waals surface area contributed by atoms with Gasteiger partial charge in [-0.05, 0) is 18.6 Å². The molecule has 1 aliphatic heterocycles. The van der Waals surface area contributed by atoms with Crippen LogP contribution in [-0.2, 0) is 0 Å². The van der Waals surface area contributed by atoms with Crippen molar-refractivity contribution >= 4 is 0 Å². The normalized spacial score (nSPS) is 32.1. The first-order valence-electron chi connectivity index (χ1n) is 4.88. The van der Waals surface area contributed by atoms with Gasteiger partial charge in [-0.1, -0.05) is 13.0 Å². The Labute approximate surface area is 83.9 Å². The summed E-state index contributed by atoms with van der Waals surface area (Å²) >= 11 is 0. The van der Waals surface area contributed by atoms with Gasteiger partial charge in [0.1, 0.15) is 0 Å². The number of nitrogens with zero attached hydrogens (tertiary/aromatic N) is 1. The van der Waals surface area contributed by atoms with Gasteiger partial charge in [-0.25, -0.2) is 10.9 Å². The molecule has 2 rings (SSSR count). The summed E-state index contributed by atoms with van der Waals surface area (Å²) < 4.78 is 0. The SMILES string of the molecule is Cc1ncccc1C1NNC(N)C1C.